The summed E-state index contributed by atoms with van der Waals surface area (Å²) in [4.78, 5) is 91.5. The van der Waals surface area contributed by atoms with E-state index in [1.165, 1.54) is 50.4 Å². The molecule has 1 aliphatic heterocycles. The summed E-state index contributed by atoms with van der Waals surface area (Å²) < 4.78 is 22.5. The monoisotopic (exact) mass is 1030 g/mol. The first-order valence-corrected chi connectivity index (χ1v) is 23.7. The number of aromatic hydroxyl groups is 2. The molecule has 75 heavy (non-hydrogen) atoms. The number of nitrogens with one attached hydrogen (secondary N) is 5. The fourth-order valence-corrected chi connectivity index (χ4v) is 10.0. The molecule has 1 saturated heterocycles. The number of amides is 4. The van der Waals surface area contributed by atoms with Gasteiger partial charge in [-0.05, 0) is 55.8 Å². The summed E-state index contributed by atoms with van der Waals surface area (Å²) in [6, 6.07) is 15.2. The standard InChI is InChI=1S/C53H54N8O14/c1-25-45(64)34(17-40(74-25)75-39-19-53(72,26(2)63)18-33-42(39)49(68)44-43(47(33)66)46(65)32-8-7-9-38(73-6)41(32)48(44)67)54-20-27-10-12-28(13-11-27)56-50(69)36-15-30(22-60(36)4)58-52(71)37-16-31(23-61(37)5)57-51(70)35-14-29(55-24-62)21-59(35)3/h7-16,21-25,34,39-40,45,54,64,66,68,72H,17-20H2,1-6H3,(H,55,62)(H,56,69)(H,57,70)(H,58,71)/t25?,34?,39-,40?,45?,53+/m0/s1. The summed E-state index contributed by atoms with van der Waals surface area (Å²) in [7, 11) is 6.28. The number of anilines is 4. The Morgan fingerprint density at radius 2 is 1.35 bits per heavy atom. The number of phenols is 2. The Morgan fingerprint density at radius 1 is 0.787 bits per heavy atom. The van der Waals surface area contributed by atoms with Crippen LogP contribution in [0.1, 0.15) is 113 Å². The highest BCUT2D eigenvalue weighted by Crippen LogP contribution is 2.52. The molecule has 9 N–H and O–H groups in total. The molecule has 3 aliphatic rings. The Hall–Kier alpha value is -8.41. The van der Waals surface area contributed by atoms with Gasteiger partial charge in [0, 0.05) is 94.0 Å². The number of carbonyl (C=O) groups is 7. The van der Waals surface area contributed by atoms with Crippen molar-refractivity contribution in [3.8, 4) is 17.2 Å². The van der Waals surface area contributed by atoms with Gasteiger partial charge >= 0.3 is 0 Å². The van der Waals surface area contributed by atoms with Crippen LogP contribution in [0.2, 0.25) is 0 Å². The number of nitrogens with zero attached hydrogens (tertiary/aromatic N) is 3. The summed E-state index contributed by atoms with van der Waals surface area (Å²) in [6.07, 6.45) is 0.118. The number of phenolic OH excluding ortho intramolecular Hbond substituents is 2. The third kappa shape index (κ3) is 9.67. The number of benzene rings is 3. The highest BCUT2D eigenvalue weighted by molar-refractivity contribution is 6.31. The molecule has 9 rings (SSSR count). The number of hydrogen-bond donors (Lipinski definition) is 9. The van der Waals surface area contributed by atoms with Crippen molar-refractivity contribution < 1.29 is 68.2 Å². The molecule has 390 valence electrons. The fraction of sp³-hybridized carbons (Fsp3) is 0.302. The van der Waals surface area contributed by atoms with Crippen LogP contribution in [0.25, 0.3) is 0 Å². The number of Topliss-reactive ketones (excluding diaryl/α,β-unsaturated/α-hetero) is 1. The van der Waals surface area contributed by atoms with Crippen molar-refractivity contribution in [3.05, 3.63) is 135 Å². The molecule has 3 aromatic heterocycles. The van der Waals surface area contributed by atoms with Gasteiger partial charge in [-0.3, -0.25) is 33.6 Å². The van der Waals surface area contributed by atoms with Crippen LogP contribution in [-0.4, -0.2) is 113 Å². The second kappa shape index (κ2) is 20.1. The number of carbonyl (C=O) groups excluding carboxylic acids is 7. The van der Waals surface area contributed by atoms with E-state index in [-0.39, 0.29) is 58.1 Å². The van der Waals surface area contributed by atoms with Crippen LogP contribution in [0.4, 0.5) is 22.7 Å². The van der Waals surface area contributed by atoms with E-state index in [4.69, 9.17) is 14.2 Å². The summed E-state index contributed by atoms with van der Waals surface area (Å²) in [5, 5.41) is 60.7. The zero-order chi connectivity index (χ0) is 53.8. The van der Waals surface area contributed by atoms with E-state index in [1.54, 1.807) is 84.6 Å². The molecule has 4 unspecified atom stereocenters. The highest BCUT2D eigenvalue weighted by Gasteiger charge is 2.49. The maximum absolute atomic E-state index is 14.1. The molecule has 0 spiro atoms. The number of methoxy groups -OCH3 is 1. The van der Waals surface area contributed by atoms with Crippen LogP contribution in [0, 0.1) is 0 Å². The molecule has 0 bridgehead atoms. The van der Waals surface area contributed by atoms with Gasteiger partial charge in [-0.25, -0.2) is 0 Å². The summed E-state index contributed by atoms with van der Waals surface area (Å²) in [5.74, 6) is -4.85. The fourth-order valence-electron chi connectivity index (χ4n) is 10.0. The molecule has 22 heteroatoms. The molecule has 1 fully saturated rings. The van der Waals surface area contributed by atoms with Crippen LogP contribution in [-0.2, 0) is 53.2 Å². The number of aliphatic hydroxyl groups is 2. The van der Waals surface area contributed by atoms with Gasteiger partial charge in [-0.2, -0.15) is 0 Å². The minimum absolute atomic E-state index is 0.0335. The Morgan fingerprint density at radius 3 is 1.92 bits per heavy atom. The van der Waals surface area contributed by atoms with Crippen LogP contribution in [0.3, 0.4) is 0 Å². The predicted octanol–water partition coefficient (Wildman–Crippen LogP) is 4.20. The minimum Gasteiger partial charge on any atom is -0.507 e. The molecule has 6 aromatic rings. The van der Waals surface area contributed by atoms with Crippen molar-refractivity contribution in [1.82, 2.24) is 19.0 Å². The van der Waals surface area contributed by atoms with Gasteiger partial charge < -0.3 is 74.9 Å². The molecule has 0 saturated carbocycles. The van der Waals surface area contributed by atoms with Gasteiger partial charge in [0.25, 0.3) is 17.7 Å². The van der Waals surface area contributed by atoms with Gasteiger partial charge in [-0.15, -0.1) is 0 Å². The third-order valence-corrected chi connectivity index (χ3v) is 14.0. The number of fused-ring (bicyclic) bond motifs is 3. The van der Waals surface area contributed by atoms with E-state index in [2.05, 4.69) is 26.6 Å². The zero-order valence-corrected chi connectivity index (χ0v) is 41.5. The number of ketones is 3. The quantitative estimate of drug-likeness (QED) is 0.0514. The molecule has 3 aromatic carbocycles. The van der Waals surface area contributed by atoms with Crippen LogP contribution in [0.5, 0.6) is 17.2 Å². The Kier molecular flexibility index (Phi) is 13.8. The minimum atomic E-state index is -2.10. The van der Waals surface area contributed by atoms with Crippen molar-refractivity contribution in [2.45, 2.75) is 75.9 Å². The molecule has 0 radical (unpaired) electrons. The summed E-state index contributed by atoms with van der Waals surface area (Å²) >= 11 is 0. The molecule has 6 atom stereocenters. The van der Waals surface area contributed by atoms with Crippen molar-refractivity contribution in [3.63, 3.8) is 0 Å². The average molecular weight is 1030 g/mol. The second-order valence-corrected chi connectivity index (χ2v) is 19.0. The second-order valence-electron chi connectivity index (χ2n) is 19.0. The predicted molar refractivity (Wildman–Crippen MR) is 269 cm³/mol. The Balaban J connectivity index is 0.834. The van der Waals surface area contributed by atoms with Gasteiger partial charge in [0.2, 0.25) is 12.2 Å². The molecular weight excluding hydrogens is 973 g/mol. The van der Waals surface area contributed by atoms with E-state index in [0.717, 1.165) is 5.56 Å². The van der Waals surface area contributed by atoms with E-state index >= 15 is 0 Å². The van der Waals surface area contributed by atoms with Crippen LogP contribution < -0.4 is 31.3 Å². The number of aromatic nitrogens is 3. The normalized spacial score (nSPS) is 20.8. The zero-order valence-electron chi connectivity index (χ0n) is 41.5. The lowest BCUT2D eigenvalue weighted by molar-refractivity contribution is -0.249. The average Bonchev–Trinajstić information content (AvgIpc) is 4.06. The Bertz CT molecular complexity index is 3340. The first-order valence-electron chi connectivity index (χ1n) is 23.7. The molecule has 4 heterocycles. The van der Waals surface area contributed by atoms with Crippen LogP contribution >= 0.6 is 0 Å². The molecule has 22 nitrogen and oxygen atoms in total. The van der Waals surface area contributed by atoms with Crippen molar-refractivity contribution in [2.24, 2.45) is 21.1 Å². The van der Waals surface area contributed by atoms with Crippen molar-refractivity contribution in [1.29, 1.82) is 0 Å². The van der Waals surface area contributed by atoms with E-state index in [1.807, 2.05) is 0 Å². The topological polar surface area (TPSA) is 303 Å². The van der Waals surface area contributed by atoms with Gasteiger partial charge in [-0.1, -0.05) is 24.3 Å². The van der Waals surface area contributed by atoms with E-state index < -0.39 is 107 Å². The van der Waals surface area contributed by atoms with Crippen molar-refractivity contribution in [2.75, 3.05) is 28.4 Å². The first-order chi connectivity index (χ1) is 35.7. The number of ether oxygens (including phenoxy) is 3. The van der Waals surface area contributed by atoms with Gasteiger partial charge in [0.05, 0.1) is 59.2 Å². The molecular formula is C53H54N8O14. The number of hydrogen-bond acceptors (Lipinski definition) is 15. The molecule has 4 amide bonds. The van der Waals surface area contributed by atoms with E-state index in [0.29, 0.717) is 29.2 Å². The SMILES string of the molecule is COc1cccc2c1C(=O)c1c(O)c3c(c(O)c1C2=O)C[C@](O)(C(C)=O)C[C@@H]3OC1CC(NCc2ccc(NC(=O)c3cc(NC(=O)c4cc(NC(=O)c5cc(NC=O)cn5C)cn4C)cn3C)cc2)C(O)C(C)O1. The van der Waals surface area contributed by atoms with Crippen LogP contribution in [0.15, 0.2) is 79.3 Å². The maximum Gasteiger partial charge on any atom is 0.272 e. The smallest absolute Gasteiger partial charge is 0.272 e. The number of aliphatic hydroxyl groups excluding tert-OH is 1. The highest BCUT2D eigenvalue weighted by atomic mass is 16.7. The van der Waals surface area contributed by atoms with Gasteiger partial charge in [0.1, 0.15) is 39.9 Å². The lowest BCUT2D eigenvalue weighted by Crippen LogP contribution is -2.54. The van der Waals surface area contributed by atoms with Crippen molar-refractivity contribution >= 4 is 64.2 Å². The third-order valence-electron chi connectivity index (χ3n) is 14.0. The number of aryl methyl sites for hydroxylation is 3. The summed E-state index contributed by atoms with van der Waals surface area (Å²) in [6.45, 7) is 3.05. The summed E-state index contributed by atoms with van der Waals surface area (Å²) in [5.41, 5.74) is -0.271. The lowest BCUT2D eigenvalue weighted by atomic mass is 9.72. The lowest BCUT2D eigenvalue weighted by Gasteiger charge is -2.43. The largest absolute Gasteiger partial charge is 0.507 e. The molecule has 2 aliphatic carbocycles. The Labute approximate surface area is 428 Å². The maximum atomic E-state index is 14.1. The van der Waals surface area contributed by atoms with Gasteiger partial charge in [0.15, 0.2) is 17.9 Å². The number of rotatable bonds is 15. The van der Waals surface area contributed by atoms with E-state index in [9.17, 15) is 54.0 Å². The first kappa shape index (κ1) is 51.5.